The molecule has 0 aromatic heterocycles. The summed E-state index contributed by atoms with van der Waals surface area (Å²) in [5.74, 6) is -0.896. The summed E-state index contributed by atoms with van der Waals surface area (Å²) in [6.07, 6.45) is 1.48. The van der Waals surface area contributed by atoms with Gasteiger partial charge in [-0.25, -0.2) is 4.79 Å². The molecule has 0 saturated carbocycles. The highest BCUT2D eigenvalue weighted by atomic mass is 32.2. The van der Waals surface area contributed by atoms with Crippen LogP contribution in [0.5, 0.6) is 0 Å². The van der Waals surface area contributed by atoms with Gasteiger partial charge in [0.05, 0.1) is 0 Å². The first-order valence-electron chi connectivity index (χ1n) is 4.86. The lowest BCUT2D eigenvalue weighted by Gasteiger charge is -2.47. The second-order valence-electron chi connectivity index (χ2n) is 3.42. The quantitative estimate of drug-likeness (QED) is 0.455. The summed E-state index contributed by atoms with van der Waals surface area (Å²) in [4.78, 5) is 32.1. The van der Waals surface area contributed by atoms with E-state index in [1.165, 1.54) is 22.7 Å². The summed E-state index contributed by atoms with van der Waals surface area (Å²) in [6, 6.07) is -0.573. The zero-order chi connectivity index (χ0) is 13.9. The normalized spacial score (nSPS) is 25.4. The van der Waals surface area contributed by atoms with Gasteiger partial charge < -0.3 is 15.9 Å². The zero-order valence-electron chi connectivity index (χ0n) is 9.28. The highest BCUT2D eigenvalue weighted by molar-refractivity contribution is 8.00. The number of amides is 1. The lowest BCUT2D eigenvalue weighted by atomic mass is 10.0. The van der Waals surface area contributed by atoms with Gasteiger partial charge in [0, 0.05) is 5.75 Å². The topological polar surface area (TPSA) is 121 Å². The van der Waals surface area contributed by atoms with Gasteiger partial charge in [0.1, 0.15) is 17.1 Å². The van der Waals surface area contributed by atoms with Crippen molar-refractivity contribution in [1.82, 2.24) is 4.90 Å². The van der Waals surface area contributed by atoms with Crippen LogP contribution in [-0.2, 0) is 14.4 Å². The monoisotopic (exact) mass is 272 g/mol. The van der Waals surface area contributed by atoms with Crippen molar-refractivity contribution in [1.29, 1.82) is 0 Å². The predicted octanol–water partition coefficient (Wildman–Crippen LogP) is -0.546. The Morgan fingerprint density at radius 1 is 1.61 bits per heavy atom. The standard InChI is InChI=1S/C9H10N2O3S.CH2O2/c1-2-4-3-15-8-5(10)7(12)11(8)6(4)9(13)14;2-1-3/h2,5,8H,1,3,10H2,(H,13,14);1H,(H,2,3). The van der Waals surface area contributed by atoms with Crippen molar-refractivity contribution in [3.63, 3.8) is 0 Å². The number of hydrogen-bond acceptors (Lipinski definition) is 5. The molecule has 2 rings (SSSR count). The summed E-state index contributed by atoms with van der Waals surface area (Å²) < 4.78 is 0. The van der Waals surface area contributed by atoms with Crippen molar-refractivity contribution in [2.45, 2.75) is 11.4 Å². The predicted molar refractivity (Wildman–Crippen MR) is 64.6 cm³/mol. The van der Waals surface area contributed by atoms with Gasteiger partial charge in [0.15, 0.2) is 0 Å². The first kappa shape index (κ1) is 14.3. The molecule has 18 heavy (non-hydrogen) atoms. The van der Waals surface area contributed by atoms with E-state index in [2.05, 4.69) is 6.58 Å². The Labute approximate surface area is 107 Å². The molecule has 1 amide bonds. The molecular weight excluding hydrogens is 260 g/mol. The van der Waals surface area contributed by atoms with Crippen molar-refractivity contribution in [3.8, 4) is 0 Å². The van der Waals surface area contributed by atoms with E-state index in [1.807, 2.05) is 0 Å². The van der Waals surface area contributed by atoms with Crippen LogP contribution in [0.4, 0.5) is 0 Å². The van der Waals surface area contributed by atoms with Gasteiger partial charge >= 0.3 is 5.97 Å². The maximum absolute atomic E-state index is 11.4. The zero-order valence-corrected chi connectivity index (χ0v) is 10.1. The van der Waals surface area contributed by atoms with E-state index in [9.17, 15) is 9.59 Å². The maximum Gasteiger partial charge on any atom is 0.352 e. The Balaban J connectivity index is 0.000000492. The molecule has 98 valence electrons. The number of hydrogen-bond donors (Lipinski definition) is 3. The molecule has 2 unspecified atom stereocenters. The lowest BCUT2D eigenvalue weighted by Crippen LogP contribution is -2.68. The number of nitrogens with two attached hydrogens (primary N) is 1. The number of allylic oxidation sites excluding steroid dienone is 1. The van der Waals surface area contributed by atoms with Gasteiger partial charge in [-0.2, -0.15) is 0 Å². The van der Waals surface area contributed by atoms with Gasteiger partial charge in [-0.15, -0.1) is 11.8 Å². The summed E-state index contributed by atoms with van der Waals surface area (Å²) in [7, 11) is 0. The Kier molecular flexibility index (Phi) is 4.51. The minimum Gasteiger partial charge on any atom is -0.483 e. The Morgan fingerprint density at radius 3 is 2.61 bits per heavy atom. The van der Waals surface area contributed by atoms with Crippen molar-refractivity contribution in [3.05, 3.63) is 23.9 Å². The second kappa shape index (κ2) is 5.69. The van der Waals surface area contributed by atoms with E-state index >= 15 is 0 Å². The number of fused-ring (bicyclic) bond motifs is 1. The maximum atomic E-state index is 11.4. The molecule has 1 saturated heterocycles. The van der Waals surface area contributed by atoms with Crippen LogP contribution in [0.2, 0.25) is 0 Å². The summed E-state index contributed by atoms with van der Waals surface area (Å²) in [5.41, 5.74) is 6.17. The largest absolute Gasteiger partial charge is 0.483 e. The Hall–Kier alpha value is -1.80. The number of rotatable bonds is 2. The number of carboxylic acids is 1. The van der Waals surface area contributed by atoms with E-state index in [0.717, 1.165) is 0 Å². The summed E-state index contributed by atoms with van der Waals surface area (Å²) in [6.45, 7) is 3.29. The molecule has 2 aliphatic rings. The summed E-state index contributed by atoms with van der Waals surface area (Å²) >= 11 is 1.47. The number of β-lactam (4-membered cyclic amide) rings is 1. The van der Waals surface area contributed by atoms with Crippen LogP contribution in [-0.4, -0.2) is 50.6 Å². The molecular formula is C10H12N2O5S. The first-order chi connectivity index (χ1) is 8.49. The Bertz CT molecular complexity index is 434. The fraction of sp³-hybridized carbons (Fsp3) is 0.300. The van der Waals surface area contributed by atoms with Crippen molar-refractivity contribution in [2.75, 3.05) is 5.75 Å². The molecule has 8 heteroatoms. The number of carboxylic acid groups (broad SMARTS) is 2. The number of carbonyl (C=O) groups excluding carboxylic acids is 1. The van der Waals surface area contributed by atoms with Crippen LogP contribution in [0.3, 0.4) is 0 Å². The van der Waals surface area contributed by atoms with Crippen LogP contribution in [0, 0.1) is 0 Å². The number of thioether (sulfide) groups is 1. The molecule has 0 spiro atoms. The molecule has 4 N–H and O–H groups in total. The minimum absolute atomic E-state index is 0.0282. The number of aliphatic carboxylic acids is 1. The fourth-order valence-corrected chi connectivity index (χ4v) is 2.98. The van der Waals surface area contributed by atoms with Gasteiger partial charge in [0.25, 0.3) is 6.47 Å². The molecule has 0 aromatic rings. The molecule has 2 heterocycles. The average molecular weight is 272 g/mol. The van der Waals surface area contributed by atoms with E-state index in [0.29, 0.717) is 11.3 Å². The van der Waals surface area contributed by atoms with E-state index in [4.69, 9.17) is 20.7 Å². The first-order valence-corrected chi connectivity index (χ1v) is 5.91. The molecule has 2 atom stereocenters. The van der Waals surface area contributed by atoms with Crippen LogP contribution in [0.1, 0.15) is 0 Å². The van der Waals surface area contributed by atoms with Crippen molar-refractivity contribution in [2.24, 2.45) is 5.73 Å². The molecule has 0 bridgehead atoms. The third-order valence-electron chi connectivity index (χ3n) is 2.49. The SMILES string of the molecule is C=CC1=C(C(=O)O)N2C(=O)C(N)C2SC1.O=CO. The molecule has 1 fully saturated rings. The summed E-state index contributed by atoms with van der Waals surface area (Å²) in [5, 5.41) is 15.7. The van der Waals surface area contributed by atoms with Gasteiger partial charge in [-0.1, -0.05) is 12.7 Å². The number of carbonyl (C=O) groups is 3. The van der Waals surface area contributed by atoms with Crippen molar-refractivity contribution >= 4 is 30.1 Å². The smallest absolute Gasteiger partial charge is 0.352 e. The highest BCUT2D eigenvalue weighted by Gasteiger charge is 2.51. The Morgan fingerprint density at radius 2 is 2.17 bits per heavy atom. The van der Waals surface area contributed by atoms with Crippen LogP contribution >= 0.6 is 11.8 Å². The second-order valence-corrected chi connectivity index (χ2v) is 4.53. The van der Waals surface area contributed by atoms with Crippen LogP contribution in [0.25, 0.3) is 0 Å². The van der Waals surface area contributed by atoms with E-state index in [-0.39, 0.29) is 23.5 Å². The van der Waals surface area contributed by atoms with Crippen molar-refractivity contribution < 1.29 is 24.6 Å². The van der Waals surface area contributed by atoms with Gasteiger partial charge in [-0.05, 0) is 5.57 Å². The minimum atomic E-state index is -1.10. The lowest BCUT2D eigenvalue weighted by molar-refractivity contribution is -0.147. The van der Waals surface area contributed by atoms with Gasteiger partial charge in [0.2, 0.25) is 5.91 Å². The highest BCUT2D eigenvalue weighted by Crippen LogP contribution is 2.39. The molecule has 0 aromatic carbocycles. The third kappa shape index (κ3) is 2.24. The molecule has 7 nitrogen and oxygen atoms in total. The number of nitrogens with zero attached hydrogens (tertiary/aromatic N) is 1. The molecule has 0 aliphatic carbocycles. The average Bonchev–Trinajstić information content (AvgIpc) is 2.36. The third-order valence-corrected chi connectivity index (χ3v) is 3.81. The van der Waals surface area contributed by atoms with E-state index < -0.39 is 12.0 Å². The van der Waals surface area contributed by atoms with E-state index in [1.54, 1.807) is 0 Å². The van der Waals surface area contributed by atoms with Crippen LogP contribution in [0.15, 0.2) is 23.9 Å². The fourth-order valence-electron chi connectivity index (χ4n) is 1.70. The van der Waals surface area contributed by atoms with Crippen LogP contribution < -0.4 is 5.73 Å². The molecule has 0 radical (unpaired) electrons. The van der Waals surface area contributed by atoms with Gasteiger partial charge in [-0.3, -0.25) is 14.5 Å². The molecule has 2 aliphatic heterocycles.